The topological polar surface area (TPSA) is 18.5 Å². The van der Waals surface area contributed by atoms with Crippen molar-refractivity contribution in [3.63, 3.8) is 0 Å². The van der Waals surface area contributed by atoms with Gasteiger partial charge in [-0.15, -0.1) is 0 Å². The highest BCUT2D eigenvalue weighted by molar-refractivity contribution is 5.03. The standard InChI is InChI=1S/C16H30O2/c1-6-14(4,5)18-16-10-7-15(8-11-16,9-12-16)17-13(2)3/h13H,6-12H2,1-5H3. The van der Waals surface area contributed by atoms with Gasteiger partial charge in [-0.05, 0) is 72.6 Å². The zero-order valence-electron chi connectivity index (χ0n) is 12.8. The molecular weight excluding hydrogens is 224 g/mol. The molecule has 3 rings (SSSR count). The summed E-state index contributed by atoms with van der Waals surface area (Å²) in [5, 5.41) is 0. The molecular formula is C16H30O2. The Morgan fingerprint density at radius 1 is 0.944 bits per heavy atom. The van der Waals surface area contributed by atoms with Crippen LogP contribution in [0.4, 0.5) is 0 Å². The van der Waals surface area contributed by atoms with E-state index in [1.807, 2.05) is 0 Å². The fourth-order valence-electron chi connectivity index (χ4n) is 3.60. The van der Waals surface area contributed by atoms with Crippen LogP contribution in [0.1, 0.15) is 79.6 Å². The van der Waals surface area contributed by atoms with E-state index in [-0.39, 0.29) is 16.8 Å². The van der Waals surface area contributed by atoms with Crippen LogP contribution in [0.2, 0.25) is 0 Å². The van der Waals surface area contributed by atoms with E-state index in [1.165, 1.54) is 38.5 Å². The van der Waals surface area contributed by atoms with Gasteiger partial charge in [0.1, 0.15) is 0 Å². The maximum absolute atomic E-state index is 6.50. The highest BCUT2D eigenvalue weighted by Crippen LogP contribution is 2.52. The Balaban J connectivity index is 1.99. The normalized spacial score (nSPS) is 36.3. The van der Waals surface area contributed by atoms with E-state index < -0.39 is 0 Å². The van der Waals surface area contributed by atoms with Gasteiger partial charge in [-0.2, -0.15) is 0 Å². The highest BCUT2D eigenvalue weighted by Gasteiger charge is 2.51. The van der Waals surface area contributed by atoms with Crippen molar-refractivity contribution in [3.8, 4) is 0 Å². The summed E-state index contributed by atoms with van der Waals surface area (Å²) in [7, 11) is 0. The fraction of sp³-hybridized carbons (Fsp3) is 1.00. The van der Waals surface area contributed by atoms with E-state index in [0.29, 0.717) is 6.10 Å². The Hall–Kier alpha value is -0.0800. The molecule has 0 aromatic rings. The van der Waals surface area contributed by atoms with Crippen molar-refractivity contribution >= 4 is 0 Å². The number of fused-ring (bicyclic) bond motifs is 3. The molecule has 106 valence electrons. The van der Waals surface area contributed by atoms with Gasteiger partial charge < -0.3 is 9.47 Å². The summed E-state index contributed by atoms with van der Waals surface area (Å²) < 4.78 is 12.7. The average Bonchev–Trinajstić information content (AvgIpc) is 2.30. The van der Waals surface area contributed by atoms with Crippen molar-refractivity contribution in [3.05, 3.63) is 0 Å². The summed E-state index contributed by atoms with van der Waals surface area (Å²) in [5.41, 5.74) is 0.355. The average molecular weight is 254 g/mol. The summed E-state index contributed by atoms with van der Waals surface area (Å²) in [6.45, 7) is 11.0. The first-order valence-corrected chi connectivity index (χ1v) is 7.68. The van der Waals surface area contributed by atoms with Gasteiger partial charge in [-0.3, -0.25) is 0 Å². The van der Waals surface area contributed by atoms with E-state index in [9.17, 15) is 0 Å². The zero-order chi connectivity index (χ0) is 13.4. The lowest BCUT2D eigenvalue weighted by Gasteiger charge is -2.55. The van der Waals surface area contributed by atoms with Gasteiger partial charge >= 0.3 is 0 Å². The van der Waals surface area contributed by atoms with Crippen molar-refractivity contribution in [2.45, 2.75) is 102 Å². The molecule has 0 spiro atoms. The van der Waals surface area contributed by atoms with Crippen LogP contribution in [0.15, 0.2) is 0 Å². The van der Waals surface area contributed by atoms with Crippen molar-refractivity contribution in [1.82, 2.24) is 0 Å². The van der Waals surface area contributed by atoms with Gasteiger partial charge in [0, 0.05) is 0 Å². The van der Waals surface area contributed by atoms with Crippen LogP contribution in [0, 0.1) is 0 Å². The van der Waals surface area contributed by atoms with Crippen LogP contribution in [0.25, 0.3) is 0 Å². The summed E-state index contributed by atoms with van der Waals surface area (Å²) in [6.07, 6.45) is 8.54. The zero-order valence-corrected chi connectivity index (χ0v) is 12.8. The minimum Gasteiger partial charge on any atom is -0.372 e. The number of hydrogen-bond donors (Lipinski definition) is 0. The van der Waals surface area contributed by atoms with Crippen LogP contribution >= 0.6 is 0 Å². The second kappa shape index (κ2) is 4.79. The van der Waals surface area contributed by atoms with Crippen molar-refractivity contribution in [1.29, 1.82) is 0 Å². The molecule has 0 aromatic heterocycles. The maximum atomic E-state index is 6.50. The molecule has 3 saturated carbocycles. The molecule has 0 atom stereocenters. The molecule has 3 aliphatic carbocycles. The lowest BCUT2D eigenvalue weighted by molar-refractivity contribution is -0.231. The molecule has 3 aliphatic rings. The van der Waals surface area contributed by atoms with E-state index in [0.717, 1.165) is 6.42 Å². The van der Waals surface area contributed by atoms with Crippen LogP contribution in [0.3, 0.4) is 0 Å². The Labute approximate surface area is 112 Å². The van der Waals surface area contributed by atoms with Gasteiger partial charge in [-0.1, -0.05) is 6.92 Å². The molecule has 0 unspecified atom stereocenters. The predicted molar refractivity (Wildman–Crippen MR) is 74.8 cm³/mol. The fourth-order valence-corrected chi connectivity index (χ4v) is 3.60. The highest BCUT2D eigenvalue weighted by atomic mass is 16.5. The van der Waals surface area contributed by atoms with Crippen LogP contribution in [-0.4, -0.2) is 22.9 Å². The Kier molecular flexibility index (Phi) is 3.81. The van der Waals surface area contributed by atoms with Gasteiger partial charge in [0.2, 0.25) is 0 Å². The molecule has 2 bridgehead atoms. The Morgan fingerprint density at radius 2 is 1.39 bits per heavy atom. The van der Waals surface area contributed by atoms with Gasteiger partial charge in [0.15, 0.2) is 0 Å². The first-order chi connectivity index (χ1) is 8.31. The smallest absolute Gasteiger partial charge is 0.0693 e. The third kappa shape index (κ3) is 2.91. The number of hydrogen-bond acceptors (Lipinski definition) is 2. The second-order valence-electron chi connectivity index (χ2n) is 7.25. The minimum absolute atomic E-state index is 0.0241. The Bertz CT molecular complexity index is 269. The SMILES string of the molecule is CCC(C)(C)OC12CCC(OC(C)C)(CC1)CC2. The van der Waals surface area contributed by atoms with Crippen molar-refractivity contribution in [2.24, 2.45) is 0 Å². The van der Waals surface area contributed by atoms with Crippen molar-refractivity contribution in [2.75, 3.05) is 0 Å². The molecule has 3 fully saturated rings. The van der Waals surface area contributed by atoms with Gasteiger partial charge in [-0.25, -0.2) is 0 Å². The molecule has 0 N–H and O–H groups in total. The van der Waals surface area contributed by atoms with E-state index in [4.69, 9.17) is 9.47 Å². The van der Waals surface area contributed by atoms with Gasteiger partial charge in [0.05, 0.1) is 22.9 Å². The largest absolute Gasteiger partial charge is 0.372 e. The lowest BCUT2D eigenvalue weighted by atomic mass is 9.64. The first-order valence-electron chi connectivity index (χ1n) is 7.68. The maximum Gasteiger partial charge on any atom is 0.0693 e. The summed E-state index contributed by atoms with van der Waals surface area (Å²) >= 11 is 0. The third-order valence-electron chi connectivity index (χ3n) is 4.94. The van der Waals surface area contributed by atoms with Gasteiger partial charge in [0.25, 0.3) is 0 Å². The minimum atomic E-state index is 0.0241. The molecule has 0 aromatic carbocycles. The molecule has 18 heavy (non-hydrogen) atoms. The second-order valence-corrected chi connectivity index (χ2v) is 7.25. The van der Waals surface area contributed by atoms with E-state index in [1.54, 1.807) is 0 Å². The molecule has 0 aliphatic heterocycles. The van der Waals surface area contributed by atoms with Crippen LogP contribution in [0.5, 0.6) is 0 Å². The molecule has 0 radical (unpaired) electrons. The van der Waals surface area contributed by atoms with E-state index in [2.05, 4.69) is 34.6 Å². The molecule has 0 saturated heterocycles. The molecule has 2 heteroatoms. The quantitative estimate of drug-likeness (QED) is 0.721. The van der Waals surface area contributed by atoms with Crippen LogP contribution < -0.4 is 0 Å². The van der Waals surface area contributed by atoms with Crippen molar-refractivity contribution < 1.29 is 9.47 Å². The monoisotopic (exact) mass is 254 g/mol. The third-order valence-corrected chi connectivity index (χ3v) is 4.94. The van der Waals surface area contributed by atoms with Crippen LogP contribution in [-0.2, 0) is 9.47 Å². The number of ether oxygens (including phenoxy) is 2. The summed E-state index contributed by atoms with van der Waals surface area (Å²) in [4.78, 5) is 0. The molecule has 0 heterocycles. The number of rotatable bonds is 5. The summed E-state index contributed by atoms with van der Waals surface area (Å²) in [5.74, 6) is 0. The summed E-state index contributed by atoms with van der Waals surface area (Å²) in [6, 6.07) is 0. The first kappa shape index (κ1) is 14.3. The lowest BCUT2D eigenvalue weighted by Crippen LogP contribution is -2.55. The van der Waals surface area contributed by atoms with E-state index >= 15 is 0 Å². The molecule has 2 nitrogen and oxygen atoms in total. The molecule has 0 amide bonds. The predicted octanol–water partition coefficient (Wildman–Crippen LogP) is 4.46. The Morgan fingerprint density at radius 3 is 1.78 bits per heavy atom.